The first-order valence-electron chi connectivity index (χ1n) is 13.5. The van der Waals surface area contributed by atoms with Gasteiger partial charge in [-0.1, -0.05) is 30.3 Å². The van der Waals surface area contributed by atoms with Crippen molar-refractivity contribution in [3.8, 4) is 16.9 Å². The molecular weight excluding hydrogens is 546 g/mol. The van der Waals surface area contributed by atoms with Crippen LogP contribution in [-0.4, -0.2) is 76.9 Å². The number of amidine groups is 1. The molecule has 2 aromatic carbocycles. The highest BCUT2D eigenvalue weighted by Gasteiger charge is 2.32. The Bertz CT molecular complexity index is 1580. The summed E-state index contributed by atoms with van der Waals surface area (Å²) in [6.07, 6.45) is 5.52. The SMILES string of the molecule is CC1CN(C2=NC(=O)/C(=C/c3cn(-c4ccccc4)nc3-c3cccc(S(=O)(=O)N4CCCC4)c3)S2)CC(C)O1. The topological polar surface area (TPSA) is 97.1 Å². The van der Waals surface area contributed by atoms with Crippen molar-refractivity contribution in [2.45, 2.75) is 43.8 Å². The molecular formula is C29H31N5O4S2. The number of morpholine rings is 1. The van der Waals surface area contributed by atoms with Gasteiger partial charge in [0.15, 0.2) is 5.17 Å². The van der Waals surface area contributed by atoms with Crippen LogP contribution in [0.5, 0.6) is 0 Å². The Labute approximate surface area is 238 Å². The summed E-state index contributed by atoms with van der Waals surface area (Å²) < 4.78 is 35.7. The fraction of sp³-hybridized carbons (Fsp3) is 0.345. The van der Waals surface area contributed by atoms with Gasteiger partial charge < -0.3 is 9.64 Å². The van der Waals surface area contributed by atoms with Crippen molar-refractivity contribution in [2.24, 2.45) is 4.99 Å². The highest BCUT2D eigenvalue weighted by atomic mass is 32.2. The fourth-order valence-electron chi connectivity index (χ4n) is 5.32. The van der Waals surface area contributed by atoms with Crippen LogP contribution in [0, 0.1) is 0 Å². The van der Waals surface area contributed by atoms with Crippen LogP contribution < -0.4 is 0 Å². The van der Waals surface area contributed by atoms with Gasteiger partial charge in [0.05, 0.1) is 27.7 Å². The summed E-state index contributed by atoms with van der Waals surface area (Å²) in [6.45, 7) is 6.45. The maximum atomic E-state index is 13.3. The van der Waals surface area contributed by atoms with E-state index in [0.717, 1.165) is 18.5 Å². The van der Waals surface area contributed by atoms with Gasteiger partial charge in [-0.15, -0.1) is 0 Å². The molecule has 11 heteroatoms. The zero-order chi connectivity index (χ0) is 27.9. The molecule has 2 saturated heterocycles. The summed E-state index contributed by atoms with van der Waals surface area (Å²) in [5.41, 5.74) is 2.81. The van der Waals surface area contributed by atoms with Crippen LogP contribution in [-0.2, 0) is 19.6 Å². The van der Waals surface area contributed by atoms with E-state index in [1.807, 2.05) is 56.4 Å². The van der Waals surface area contributed by atoms with E-state index in [4.69, 9.17) is 9.84 Å². The smallest absolute Gasteiger partial charge is 0.286 e. The highest BCUT2D eigenvalue weighted by Crippen LogP contribution is 2.35. The number of aromatic nitrogens is 2. The number of hydrogen-bond donors (Lipinski definition) is 0. The van der Waals surface area contributed by atoms with Gasteiger partial charge in [-0.2, -0.15) is 14.4 Å². The fourth-order valence-corrected chi connectivity index (χ4v) is 7.81. The minimum Gasteiger partial charge on any atom is -0.372 e. The average molecular weight is 578 g/mol. The quantitative estimate of drug-likeness (QED) is 0.415. The Morgan fingerprint density at radius 3 is 2.45 bits per heavy atom. The lowest BCUT2D eigenvalue weighted by molar-refractivity contribution is -0.113. The number of para-hydroxylation sites is 1. The Balaban J connectivity index is 1.37. The number of ether oxygens (including phenoxy) is 1. The van der Waals surface area contributed by atoms with Gasteiger partial charge in [0, 0.05) is 43.5 Å². The number of sulfonamides is 1. The van der Waals surface area contributed by atoms with Crippen molar-refractivity contribution in [1.82, 2.24) is 19.0 Å². The Kier molecular flexibility index (Phi) is 7.39. The van der Waals surface area contributed by atoms with Crippen LogP contribution in [0.3, 0.4) is 0 Å². The van der Waals surface area contributed by atoms with Crippen LogP contribution in [0.15, 0.2) is 75.6 Å². The number of carbonyl (C=O) groups is 1. The van der Waals surface area contributed by atoms with Crippen molar-refractivity contribution < 1.29 is 17.9 Å². The minimum atomic E-state index is -3.60. The first-order chi connectivity index (χ1) is 19.3. The van der Waals surface area contributed by atoms with E-state index in [1.165, 1.54) is 16.1 Å². The second-order valence-electron chi connectivity index (χ2n) is 10.3. The molecule has 1 aromatic heterocycles. The van der Waals surface area contributed by atoms with E-state index < -0.39 is 10.0 Å². The second kappa shape index (κ2) is 11.0. The standard InChI is InChI=1S/C29H31N5O4S2/c1-20-17-32(18-21(2)38-20)29-30-28(35)26(39-29)16-23-19-34(24-10-4-3-5-11-24)31-27(23)22-9-8-12-25(15-22)40(36,37)33-13-6-7-14-33/h3-5,8-12,15-16,19-21H,6-7,13-14,17-18H2,1-2H3/b26-16-. The van der Waals surface area contributed by atoms with E-state index in [0.29, 0.717) is 53.1 Å². The van der Waals surface area contributed by atoms with Crippen molar-refractivity contribution in [3.05, 3.63) is 71.3 Å². The lowest BCUT2D eigenvalue weighted by Crippen LogP contribution is -2.47. The van der Waals surface area contributed by atoms with Gasteiger partial charge >= 0.3 is 0 Å². The first-order valence-corrected chi connectivity index (χ1v) is 15.7. The number of thioether (sulfide) groups is 1. The minimum absolute atomic E-state index is 0.0509. The highest BCUT2D eigenvalue weighted by molar-refractivity contribution is 8.18. The molecule has 9 nitrogen and oxygen atoms in total. The normalized spacial score (nSPS) is 23.2. The first kappa shape index (κ1) is 26.9. The summed E-state index contributed by atoms with van der Waals surface area (Å²) in [7, 11) is -3.60. The van der Waals surface area contributed by atoms with Crippen LogP contribution in [0.4, 0.5) is 0 Å². The van der Waals surface area contributed by atoms with Crippen LogP contribution in [0.25, 0.3) is 23.0 Å². The van der Waals surface area contributed by atoms with Gasteiger partial charge in [0.1, 0.15) is 5.69 Å². The Hall–Kier alpha value is -3.25. The molecule has 0 radical (unpaired) electrons. The maximum Gasteiger partial charge on any atom is 0.286 e. The van der Waals surface area contributed by atoms with Gasteiger partial charge in [-0.05, 0) is 68.8 Å². The lowest BCUT2D eigenvalue weighted by Gasteiger charge is -2.35. The molecule has 3 aromatic rings. The third kappa shape index (κ3) is 5.38. The van der Waals surface area contributed by atoms with E-state index in [1.54, 1.807) is 29.0 Å². The van der Waals surface area contributed by atoms with Gasteiger partial charge in [-0.25, -0.2) is 13.1 Å². The molecule has 0 saturated carbocycles. The molecule has 40 heavy (non-hydrogen) atoms. The third-order valence-electron chi connectivity index (χ3n) is 7.16. The van der Waals surface area contributed by atoms with Crippen molar-refractivity contribution in [1.29, 1.82) is 0 Å². The molecule has 0 spiro atoms. The molecule has 3 aliphatic heterocycles. The van der Waals surface area contributed by atoms with Crippen molar-refractivity contribution in [2.75, 3.05) is 26.2 Å². The van der Waals surface area contributed by atoms with Crippen molar-refractivity contribution >= 4 is 38.9 Å². The van der Waals surface area contributed by atoms with Crippen molar-refractivity contribution in [3.63, 3.8) is 0 Å². The number of hydrogen-bond acceptors (Lipinski definition) is 7. The number of rotatable bonds is 5. The van der Waals surface area contributed by atoms with E-state index in [-0.39, 0.29) is 23.0 Å². The second-order valence-corrected chi connectivity index (χ2v) is 13.3. The summed E-state index contributed by atoms with van der Waals surface area (Å²) in [5.74, 6) is -0.296. The van der Waals surface area contributed by atoms with E-state index in [9.17, 15) is 13.2 Å². The maximum absolute atomic E-state index is 13.3. The molecule has 2 unspecified atom stereocenters. The number of carbonyl (C=O) groups excluding carboxylic acids is 1. The average Bonchev–Trinajstić information content (AvgIpc) is 3.70. The zero-order valence-corrected chi connectivity index (χ0v) is 24.1. The van der Waals surface area contributed by atoms with Crippen LogP contribution in [0.1, 0.15) is 32.3 Å². The predicted octanol–water partition coefficient (Wildman–Crippen LogP) is 4.40. The molecule has 4 heterocycles. The zero-order valence-electron chi connectivity index (χ0n) is 22.4. The molecule has 0 bridgehead atoms. The van der Waals surface area contributed by atoms with Crippen LogP contribution in [0.2, 0.25) is 0 Å². The lowest BCUT2D eigenvalue weighted by atomic mass is 10.1. The number of aliphatic imine (C=N–C) groups is 1. The summed E-state index contributed by atoms with van der Waals surface area (Å²) in [4.78, 5) is 20.2. The largest absolute Gasteiger partial charge is 0.372 e. The summed E-state index contributed by atoms with van der Waals surface area (Å²) in [6, 6.07) is 16.6. The number of benzene rings is 2. The number of nitrogens with zero attached hydrogens (tertiary/aromatic N) is 5. The monoisotopic (exact) mass is 577 g/mol. The molecule has 2 fully saturated rings. The number of amides is 1. The molecule has 3 aliphatic rings. The molecule has 208 valence electrons. The Morgan fingerprint density at radius 1 is 1.00 bits per heavy atom. The van der Waals surface area contributed by atoms with Gasteiger partial charge in [0.2, 0.25) is 10.0 Å². The third-order valence-corrected chi connectivity index (χ3v) is 10.1. The Morgan fingerprint density at radius 2 is 1.73 bits per heavy atom. The van der Waals surface area contributed by atoms with E-state index in [2.05, 4.69) is 9.89 Å². The van der Waals surface area contributed by atoms with E-state index >= 15 is 0 Å². The molecule has 1 amide bonds. The molecule has 0 N–H and O–H groups in total. The van der Waals surface area contributed by atoms with Gasteiger partial charge in [-0.3, -0.25) is 4.79 Å². The predicted molar refractivity (Wildman–Crippen MR) is 157 cm³/mol. The van der Waals surface area contributed by atoms with Gasteiger partial charge in [0.25, 0.3) is 5.91 Å². The molecule has 2 atom stereocenters. The molecule has 0 aliphatic carbocycles. The van der Waals surface area contributed by atoms with Crippen LogP contribution >= 0.6 is 11.8 Å². The molecule has 6 rings (SSSR count). The summed E-state index contributed by atoms with van der Waals surface area (Å²) >= 11 is 1.35. The summed E-state index contributed by atoms with van der Waals surface area (Å²) in [5, 5.41) is 5.52.